The van der Waals surface area contributed by atoms with Gasteiger partial charge < -0.3 is 5.73 Å². The summed E-state index contributed by atoms with van der Waals surface area (Å²) in [5.41, 5.74) is 8.39. The van der Waals surface area contributed by atoms with E-state index in [2.05, 4.69) is 0 Å². The van der Waals surface area contributed by atoms with E-state index in [9.17, 15) is 9.59 Å². The zero-order valence-corrected chi connectivity index (χ0v) is 10.4. The first kappa shape index (κ1) is 11.5. The maximum atomic E-state index is 12.4. The van der Waals surface area contributed by atoms with Crippen LogP contribution >= 0.6 is 0 Å². The Labute approximate surface area is 110 Å². The average molecular weight is 252 g/mol. The number of rotatable bonds is 1. The second kappa shape index (κ2) is 3.95. The third kappa shape index (κ3) is 1.53. The largest absolute Gasteiger partial charge is 0.398 e. The minimum absolute atomic E-state index is 0.297. The molecular weight excluding hydrogens is 240 g/mol. The van der Waals surface area contributed by atoms with E-state index < -0.39 is 0 Å². The SMILES string of the molecule is Cc1c(N)ccc2c1C(=O)N(c1ccccc1)C2=O. The Morgan fingerprint density at radius 1 is 0.947 bits per heavy atom. The van der Waals surface area contributed by atoms with Gasteiger partial charge in [0.25, 0.3) is 11.8 Å². The lowest BCUT2D eigenvalue weighted by atomic mass is 10.0. The van der Waals surface area contributed by atoms with E-state index in [0.717, 1.165) is 0 Å². The lowest BCUT2D eigenvalue weighted by molar-refractivity contribution is 0.0926. The predicted molar refractivity (Wildman–Crippen MR) is 73.2 cm³/mol. The Hall–Kier alpha value is -2.62. The van der Waals surface area contributed by atoms with Crippen molar-refractivity contribution in [3.8, 4) is 0 Å². The van der Waals surface area contributed by atoms with E-state index in [1.807, 2.05) is 6.07 Å². The second-order valence-corrected chi connectivity index (χ2v) is 4.48. The zero-order valence-electron chi connectivity index (χ0n) is 10.4. The summed E-state index contributed by atoms with van der Waals surface area (Å²) in [5.74, 6) is -0.606. The summed E-state index contributed by atoms with van der Waals surface area (Å²) >= 11 is 0. The fourth-order valence-corrected chi connectivity index (χ4v) is 2.32. The van der Waals surface area contributed by atoms with Crippen molar-refractivity contribution >= 4 is 23.2 Å². The Kier molecular flexibility index (Phi) is 2.38. The molecule has 0 bridgehead atoms. The maximum absolute atomic E-state index is 12.4. The third-order valence-electron chi connectivity index (χ3n) is 3.37. The molecule has 2 aromatic carbocycles. The molecule has 1 aliphatic rings. The average Bonchev–Trinajstić information content (AvgIpc) is 2.67. The Morgan fingerprint density at radius 2 is 1.63 bits per heavy atom. The topological polar surface area (TPSA) is 63.4 Å². The number of fused-ring (bicyclic) bond motifs is 1. The molecule has 0 saturated carbocycles. The number of carbonyl (C=O) groups excluding carboxylic acids is 2. The summed E-state index contributed by atoms with van der Waals surface area (Å²) in [4.78, 5) is 26.0. The quantitative estimate of drug-likeness (QED) is 0.626. The molecule has 0 unspecified atom stereocenters. The minimum atomic E-state index is -0.309. The van der Waals surface area contributed by atoms with Crippen molar-refractivity contribution < 1.29 is 9.59 Å². The van der Waals surface area contributed by atoms with Gasteiger partial charge in [0.05, 0.1) is 16.8 Å². The van der Waals surface area contributed by atoms with Gasteiger partial charge in [-0.3, -0.25) is 9.59 Å². The summed E-state index contributed by atoms with van der Waals surface area (Å²) < 4.78 is 0. The first-order chi connectivity index (χ1) is 9.11. The number of amides is 2. The van der Waals surface area contributed by atoms with E-state index in [-0.39, 0.29) is 11.8 Å². The van der Waals surface area contributed by atoms with Crippen LogP contribution in [0.3, 0.4) is 0 Å². The number of nitrogen functional groups attached to an aromatic ring is 1. The second-order valence-electron chi connectivity index (χ2n) is 4.48. The molecular formula is C15H12N2O2. The van der Waals surface area contributed by atoms with Crippen LogP contribution in [0.2, 0.25) is 0 Å². The normalized spacial score (nSPS) is 13.8. The van der Waals surface area contributed by atoms with Crippen LogP contribution < -0.4 is 10.6 Å². The van der Waals surface area contributed by atoms with Gasteiger partial charge in [0.1, 0.15) is 0 Å². The van der Waals surface area contributed by atoms with Gasteiger partial charge in [0.2, 0.25) is 0 Å². The summed E-state index contributed by atoms with van der Waals surface area (Å²) in [5, 5.41) is 0. The highest BCUT2D eigenvalue weighted by molar-refractivity contribution is 6.35. The molecule has 1 aliphatic heterocycles. The smallest absolute Gasteiger partial charge is 0.266 e. The van der Waals surface area contributed by atoms with Crippen LogP contribution in [0.5, 0.6) is 0 Å². The fraction of sp³-hybridized carbons (Fsp3) is 0.0667. The molecule has 2 N–H and O–H groups in total. The number of imide groups is 1. The first-order valence-corrected chi connectivity index (χ1v) is 5.94. The number of anilines is 2. The molecule has 0 aliphatic carbocycles. The van der Waals surface area contributed by atoms with Crippen molar-refractivity contribution in [2.45, 2.75) is 6.92 Å². The van der Waals surface area contributed by atoms with Crippen LogP contribution in [0.25, 0.3) is 0 Å². The summed E-state index contributed by atoms with van der Waals surface area (Å²) in [6.07, 6.45) is 0. The predicted octanol–water partition coefficient (Wildman–Crippen LogP) is 2.38. The maximum Gasteiger partial charge on any atom is 0.266 e. The van der Waals surface area contributed by atoms with Crippen molar-refractivity contribution in [3.63, 3.8) is 0 Å². The van der Waals surface area contributed by atoms with Gasteiger partial charge in [-0.25, -0.2) is 4.90 Å². The fourth-order valence-electron chi connectivity index (χ4n) is 2.32. The summed E-state index contributed by atoms with van der Waals surface area (Å²) in [6.45, 7) is 1.76. The van der Waals surface area contributed by atoms with Gasteiger partial charge in [-0.05, 0) is 36.8 Å². The van der Waals surface area contributed by atoms with E-state index in [1.165, 1.54) is 4.90 Å². The highest BCUT2D eigenvalue weighted by Gasteiger charge is 2.38. The number of nitrogens with two attached hydrogens (primary N) is 1. The van der Waals surface area contributed by atoms with Crippen LogP contribution in [0.1, 0.15) is 26.3 Å². The van der Waals surface area contributed by atoms with Crippen molar-refractivity contribution in [3.05, 3.63) is 59.2 Å². The zero-order chi connectivity index (χ0) is 13.6. The molecule has 2 amide bonds. The van der Waals surface area contributed by atoms with Crippen molar-refractivity contribution in [1.82, 2.24) is 0 Å². The Bertz CT molecular complexity index is 693. The molecule has 0 saturated heterocycles. The van der Waals surface area contributed by atoms with Gasteiger partial charge in [-0.1, -0.05) is 18.2 Å². The number of nitrogens with zero attached hydrogens (tertiary/aromatic N) is 1. The monoisotopic (exact) mass is 252 g/mol. The molecule has 0 radical (unpaired) electrons. The number of hydrogen-bond acceptors (Lipinski definition) is 3. The molecule has 4 heteroatoms. The number of benzene rings is 2. The molecule has 94 valence electrons. The molecule has 0 aromatic heterocycles. The lowest BCUT2D eigenvalue weighted by Crippen LogP contribution is -2.29. The van der Waals surface area contributed by atoms with Crippen LogP contribution in [-0.2, 0) is 0 Å². The van der Waals surface area contributed by atoms with E-state index in [4.69, 9.17) is 5.73 Å². The molecule has 2 aromatic rings. The molecule has 4 nitrogen and oxygen atoms in total. The highest BCUT2D eigenvalue weighted by Crippen LogP contribution is 2.32. The summed E-state index contributed by atoms with van der Waals surface area (Å²) in [7, 11) is 0. The highest BCUT2D eigenvalue weighted by atomic mass is 16.2. The Morgan fingerprint density at radius 3 is 2.32 bits per heavy atom. The number of para-hydroxylation sites is 1. The summed E-state index contributed by atoms with van der Waals surface area (Å²) in [6, 6.07) is 12.2. The number of carbonyl (C=O) groups is 2. The first-order valence-electron chi connectivity index (χ1n) is 5.94. The van der Waals surface area contributed by atoms with Gasteiger partial charge in [0, 0.05) is 5.69 Å². The van der Waals surface area contributed by atoms with Crippen LogP contribution in [0, 0.1) is 6.92 Å². The van der Waals surface area contributed by atoms with Crippen LogP contribution in [0.15, 0.2) is 42.5 Å². The lowest BCUT2D eigenvalue weighted by Gasteiger charge is -2.13. The molecule has 0 atom stereocenters. The van der Waals surface area contributed by atoms with Gasteiger partial charge in [-0.2, -0.15) is 0 Å². The van der Waals surface area contributed by atoms with Crippen molar-refractivity contribution in [2.24, 2.45) is 0 Å². The standard InChI is InChI=1S/C15H12N2O2/c1-9-12(16)8-7-11-13(9)15(19)17(14(11)18)10-5-3-2-4-6-10/h2-8H,16H2,1H3. The molecule has 0 spiro atoms. The molecule has 1 heterocycles. The Balaban J connectivity index is 2.18. The van der Waals surface area contributed by atoms with Crippen LogP contribution in [-0.4, -0.2) is 11.8 Å². The number of hydrogen-bond donors (Lipinski definition) is 1. The molecule has 3 rings (SSSR count). The minimum Gasteiger partial charge on any atom is -0.398 e. The third-order valence-corrected chi connectivity index (χ3v) is 3.37. The van der Waals surface area contributed by atoms with Gasteiger partial charge in [0.15, 0.2) is 0 Å². The van der Waals surface area contributed by atoms with Crippen LogP contribution in [0.4, 0.5) is 11.4 Å². The molecule has 0 fully saturated rings. The van der Waals surface area contributed by atoms with E-state index in [1.54, 1.807) is 43.3 Å². The molecule has 19 heavy (non-hydrogen) atoms. The van der Waals surface area contributed by atoms with E-state index >= 15 is 0 Å². The van der Waals surface area contributed by atoms with Crippen molar-refractivity contribution in [1.29, 1.82) is 0 Å². The van der Waals surface area contributed by atoms with Crippen molar-refractivity contribution in [2.75, 3.05) is 10.6 Å². The van der Waals surface area contributed by atoms with Gasteiger partial charge in [-0.15, -0.1) is 0 Å². The van der Waals surface area contributed by atoms with Gasteiger partial charge >= 0.3 is 0 Å². The van der Waals surface area contributed by atoms with E-state index in [0.29, 0.717) is 28.1 Å².